The molecule has 88 valence electrons. The number of aliphatic hydroxyl groups is 1. The lowest BCUT2D eigenvalue weighted by molar-refractivity contribution is 0.178. The van der Waals surface area contributed by atoms with Crippen LogP contribution in [0.5, 0.6) is 0 Å². The van der Waals surface area contributed by atoms with E-state index in [1.54, 1.807) is 12.3 Å². The Balaban J connectivity index is 2.20. The van der Waals surface area contributed by atoms with Crippen molar-refractivity contribution in [2.45, 2.75) is 19.4 Å². The van der Waals surface area contributed by atoms with E-state index in [4.69, 9.17) is 5.73 Å². The number of nitrogen functional groups attached to an aromatic ring is 1. The summed E-state index contributed by atoms with van der Waals surface area (Å²) in [4.78, 5) is 3.98. The number of rotatable bonds is 3. The highest BCUT2D eigenvalue weighted by molar-refractivity contribution is 5.41. The average molecular weight is 228 g/mol. The zero-order chi connectivity index (χ0) is 12.3. The van der Waals surface area contributed by atoms with Gasteiger partial charge in [-0.1, -0.05) is 30.3 Å². The van der Waals surface area contributed by atoms with Crippen LogP contribution < -0.4 is 5.73 Å². The largest absolute Gasteiger partial charge is 0.388 e. The van der Waals surface area contributed by atoms with Crippen LogP contribution in [0.3, 0.4) is 0 Å². The molecule has 3 nitrogen and oxygen atoms in total. The number of nitrogens with two attached hydrogens (primary N) is 1. The van der Waals surface area contributed by atoms with Crippen LogP contribution in [0.4, 0.5) is 5.82 Å². The number of hydrogen-bond donors (Lipinski definition) is 2. The Morgan fingerprint density at radius 2 is 2.00 bits per heavy atom. The molecule has 1 atom stereocenters. The number of pyridine rings is 1. The first-order valence-electron chi connectivity index (χ1n) is 5.61. The highest BCUT2D eigenvalue weighted by atomic mass is 16.3. The number of nitrogens with zero attached hydrogens (tertiary/aromatic N) is 1. The minimum absolute atomic E-state index is 0.397. The summed E-state index contributed by atoms with van der Waals surface area (Å²) in [5, 5.41) is 10.2. The zero-order valence-corrected chi connectivity index (χ0v) is 9.80. The molecular formula is C14H16N2O. The van der Waals surface area contributed by atoms with E-state index in [0.29, 0.717) is 17.8 Å². The fraction of sp³-hybridized carbons (Fsp3) is 0.214. The molecule has 0 aliphatic rings. The Labute approximate surface area is 101 Å². The molecule has 0 amide bonds. The topological polar surface area (TPSA) is 59.1 Å². The van der Waals surface area contributed by atoms with Crippen LogP contribution >= 0.6 is 0 Å². The monoisotopic (exact) mass is 228 g/mol. The lowest BCUT2D eigenvalue weighted by Crippen LogP contribution is -2.07. The second-order valence-electron chi connectivity index (χ2n) is 4.12. The van der Waals surface area contributed by atoms with E-state index in [9.17, 15) is 5.11 Å². The normalized spacial score (nSPS) is 12.4. The van der Waals surface area contributed by atoms with Gasteiger partial charge in [-0.3, -0.25) is 0 Å². The van der Waals surface area contributed by atoms with Crippen molar-refractivity contribution in [2.75, 3.05) is 5.73 Å². The summed E-state index contributed by atoms with van der Waals surface area (Å²) in [5.41, 5.74) is 8.74. The smallest absolute Gasteiger partial charge is 0.129 e. The fourth-order valence-corrected chi connectivity index (χ4v) is 1.87. The minimum atomic E-state index is -0.607. The zero-order valence-electron chi connectivity index (χ0n) is 9.80. The van der Waals surface area contributed by atoms with E-state index in [1.165, 1.54) is 5.56 Å². The molecule has 0 bridgehead atoms. The van der Waals surface area contributed by atoms with Crippen LogP contribution in [0.25, 0.3) is 0 Å². The van der Waals surface area contributed by atoms with Gasteiger partial charge in [0.15, 0.2) is 0 Å². The summed E-state index contributed by atoms with van der Waals surface area (Å²) in [6.45, 7) is 2.04. The molecule has 2 aromatic rings. The third-order valence-corrected chi connectivity index (χ3v) is 2.90. The van der Waals surface area contributed by atoms with Gasteiger partial charge >= 0.3 is 0 Å². The summed E-state index contributed by atoms with van der Waals surface area (Å²) in [5.74, 6) is 0.397. The Bertz CT molecular complexity index is 511. The van der Waals surface area contributed by atoms with Gasteiger partial charge in [0.25, 0.3) is 0 Å². The lowest BCUT2D eigenvalue weighted by Gasteiger charge is -2.14. The minimum Gasteiger partial charge on any atom is -0.388 e. The van der Waals surface area contributed by atoms with Gasteiger partial charge in [-0.05, 0) is 24.1 Å². The Kier molecular flexibility index (Phi) is 3.40. The molecule has 1 aromatic carbocycles. The Hall–Kier alpha value is -1.87. The van der Waals surface area contributed by atoms with Crippen molar-refractivity contribution in [3.05, 3.63) is 59.3 Å². The van der Waals surface area contributed by atoms with Crippen LogP contribution in [-0.4, -0.2) is 10.1 Å². The number of aliphatic hydroxyl groups excluding tert-OH is 1. The predicted octanol–water partition coefficient (Wildman–Crippen LogP) is 2.25. The van der Waals surface area contributed by atoms with Crippen LogP contribution in [0.1, 0.15) is 22.8 Å². The van der Waals surface area contributed by atoms with Crippen molar-refractivity contribution in [1.82, 2.24) is 4.98 Å². The molecule has 0 spiro atoms. The summed E-state index contributed by atoms with van der Waals surface area (Å²) in [6, 6.07) is 11.6. The van der Waals surface area contributed by atoms with Crippen LogP contribution in [-0.2, 0) is 6.42 Å². The third kappa shape index (κ3) is 2.63. The Morgan fingerprint density at radius 1 is 1.24 bits per heavy atom. The molecule has 0 fully saturated rings. The van der Waals surface area contributed by atoms with E-state index in [0.717, 1.165) is 5.56 Å². The molecule has 17 heavy (non-hydrogen) atoms. The average Bonchev–Trinajstić information content (AvgIpc) is 2.32. The summed E-state index contributed by atoms with van der Waals surface area (Å²) in [7, 11) is 0. The summed E-state index contributed by atoms with van der Waals surface area (Å²) in [6.07, 6.45) is 1.58. The predicted molar refractivity (Wildman–Crippen MR) is 68.5 cm³/mol. The number of aromatic nitrogens is 1. The second kappa shape index (κ2) is 4.97. The molecule has 3 heteroatoms. The van der Waals surface area contributed by atoms with Crippen molar-refractivity contribution in [2.24, 2.45) is 0 Å². The first-order chi connectivity index (χ1) is 8.18. The molecule has 1 unspecified atom stereocenters. The quantitative estimate of drug-likeness (QED) is 0.847. The maximum Gasteiger partial charge on any atom is 0.129 e. The molecular weight excluding hydrogens is 212 g/mol. The first kappa shape index (κ1) is 11.6. The molecule has 0 aliphatic heterocycles. The van der Waals surface area contributed by atoms with Gasteiger partial charge in [-0.25, -0.2) is 4.98 Å². The van der Waals surface area contributed by atoms with Gasteiger partial charge in [-0.15, -0.1) is 0 Å². The molecule has 3 N–H and O–H groups in total. The molecule has 1 heterocycles. The van der Waals surface area contributed by atoms with Crippen molar-refractivity contribution >= 4 is 5.82 Å². The third-order valence-electron chi connectivity index (χ3n) is 2.90. The molecule has 0 saturated carbocycles. The SMILES string of the molecule is Cc1ccccc1CC(O)c1cccnc1N. The van der Waals surface area contributed by atoms with Crippen LogP contribution in [0, 0.1) is 6.92 Å². The van der Waals surface area contributed by atoms with E-state index in [1.807, 2.05) is 37.3 Å². The van der Waals surface area contributed by atoms with Gasteiger partial charge in [0.2, 0.25) is 0 Å². The molecule has 1 aromatic heterocycles. The maximum atomic E-state index is 10.2. The van der Waals surface area contributed by atoms with Crippen molar-refractivity contribution in [3.8, 4) is 0 Å². The van der Waals surface area contributed by atoms with Crippen molar-refractivity contribution < 1.29 is 5.11 Å². The first-order valence-corrected chi connectivity index (χ1v) is 5.61. The summed E-state index contributed by atoms with van der Waals surface area (Å²) >= 11 is 0. The van der Waals surface area contributed by atoms with Gasteiger partial charge in [0.1, 0.15) is 5.82 Å². The van der Waals surface area contributed by atoms with Gasteiger partial charge in [0.05, 0.1) is 6.10 Å². The number of benzene rings is 1. The number of anilines is 1. The Morgan fingerprint density at radius 3 is 2.71 bits per heavy atom. The van der Waals surface area contributed by atoms with E-state index < -0.39 is 6.10 Å². The lowest BCUT2D eigenvalue weighted by atomic mass is 9.99. The fourth-order valence-electron chi connectivity index (χ4n) is 1.87. The van der Waals surface area contributed by atoms with Gasteiger partial charge in [-0.2, -0.15) is 0 Å². The van der Waals surface area contributed by atoms with E-state index >= 15 is 0 Å². The molecule has 2 rings (SSSR count). The number of hydrogen-bond acceptors (Lipinski definition) is 3. The molecule has 0 saturated heterocycles. The van der Waals surface area contributed by atoms with E-state index in [-0.39, 0.29) is 0 Å². The highest BCUT2D eigenvalue weighted by Crippen LogP contribution is 2.23. The highest BCUT2D eigenvalue weighted by Gasteiger charge is 2.12. The second-order valence-corrected chi connectivity index (χ2v) is 4.12. The van der Waals surface area contributed by atoms with Crippen molar-refractivity contribution in [1.29, 1.82) is 0 Å². The number of aryl methyl sites for hydroxylation is 1. The molecule has 0 radical (unpaired) electrons. The molecule has 0 aliphatic carbocycles. The van der Waals surface area contributed by atoms with Crippen LogP contribution in [0.15, 0.2) is 42.6 Å². The van der Waals surface area contributed by atoms with Gasteiger partial charge in [0, 0.05) is 18.2 Å². The van der Waals surface area contributed by atoms with Crippen LogP contribution in [0.2, 0.25) is 0 Å². The summed E-state index contributed by atoms with van der Waals surface area (Å²) < 4.78 is 0. The van der Waals surface area contributed by atoms with Crippen molar-refractivity contribution in [3.63, 3.8) is 0 Å². The standard InChI is InChI=1S/C14H16N2O/c1-10-5-2-3-6-11(10)9-13(17)12-7-4-8-16-14(12)15/h2-8,13,17H,9H2,1H3,(H2,15,16). The maximum absolute atomic E-state index is 10.2. The van der Waals surface area contributed by atoms with Gasteiger partial charge < -0.3 is 10.8 Å². The van der Waals surface area contributed by atoms with E-state index in [2.05, 4.69) is 4.98 Å².